The molecular weight excluding hydrogens is 454 g/mol. The molecule has 1 saturated heterocycles. The number of rotatable bonds is 2. The number of para-hydroxylation sites is 1. The smallest absolute Gasteiger partial charge is 0.255 e. The molecular formula is C29H37N3O4. The van der Waals surface area contributed by atoms with Crippen LogP contribution >= 0.6 is 0 Å². The number of carbonyl (C=O) groups is 3. The first kappa shape index (κ1) is 25.7. The Labute approximate surface area is 213 Å². The number of benzene rings is 2. The van der Waals surface area contributed by atoms with E-state index in [1.807, 2.05) is 29.2 Å². The van der Waals surface area contributed by atoms with E-state index in [-0.39, 0.29) is 30.6 Å². The van der Waals surface area contributed by atoms with Crippen molar-refractivity contribution < 1.29 is 19.1 Å². The monoisotopic (exact) mass is 491 g/mol. The fourth-order valence-electron chi connectivity index (χ4n) is 5.01. The van der Waals surface area contributed by atoms with E-state index in [0.717, 1.165) is 38.5 Å². The molecule has 2 aliphatic rings. The van der Waals surface area contributed by atoms with E-state index in [4.69, 9.17) is 4.74 Å². The van der Waals surface area contributed by atoms with Gasteiger partial charge in [-0.1, -0.05) is 55.3 Å². The highest BCUT2D eigenvalue weighted by atomic mass is 16.5. The average molecular weight is 492 g/mol. The number of nitrogens with zero attached hydrogens (tertiary/aromatic N) is 1. The molecule has 192 valence electrons. The third-order valence-electron chi connectivity index (χ3n) is 7.12. The van der Waals surface area contributed by atoms with Crippen LogP contribution in [0.15, 0.2) is 54.6 Å². The fourth-order valence-corrected chi connectivity index (χ4v) is 5.01. The predicted molar refractivity (Wildman–Crippen MR) is 139 cm³/mol. The molecule has 2 aliphatic heterocycles. The normalized spacial score (nSPS) is 21.0. The average Bonchev–Trinajstić information content (AvgIpc) is 2.92. The van der Waals surface area contributed by atoms with Gasteiger partial charge in [-0.25, -0.2) is 0 Å². The third kappa shape index (κ3) is 7.09. The number of carbonyl (C=O) groups excluding carboxylic acids is 3. The molecule has 0 bridgehead atoms. The number of piperidine rings is 1. The lowest BCUT2D eigenvalue weighted by Crippen LogP contribution is -2.51. The number of ether oxygens (including phenoxy) is 1. The SMILES string of the molecule is O=C1CC[C@@H](C(=O)N2CCC(c3ccccc3)CC2)NC(=O)c2ccccc2OCCCCCCN1. The van der Waals surface area contributed by atoms with E-state index in [2.05, 4.69) is 22.8 Å². The minimum absolute atomic E-state index is 0.0827. The molecule has 2 aromatic carbocycles. The first-order valence-corrected chi connectivity index (χ1v) is 13.2. The largest absolute Gasteiger partial charge is 0.493 e. The van der Waals surface area contributed by atoms with Crippen LogP contribution in [0.1, 0.15) is 73.2 Å². The molecule has 0 radical (unpaired) electrons. The molecule has 2 N–H and O–H groups in total. The first-order valence-electron chi connectivity index (χ1n) is 13.2. The highest BCUT2D eigenvalue weighted by Crippen LogP contribution is 2.28. The molecule has 0 aliphatic carbocycles. The van der Waals surface area contributed by atoms with Crippen molar-refractivity contribution in [3.8, 4) is 5.75 Å². The van der Waals surface area contributed by atoms with Gasteiger partial charge >= 0.3 is 0 Å². The van der Waals surface area contributed by atoms with E-state index >= 15 is 0 Å². The maximum Gasteiger partial charge on any atom is 0.255 e. The Kier molecular flexibility index (Phi) is 9.36. The number of hydrogen-bond acceptors (Lipinski definition) is 4. The summed E-state index contributed by atoms with van der Waals surface area (Å²) in [5.74, 6) is 0.393. The Bertz CT molecular complexity index is 1020. The summed E-state index contributed by atoms with van der Waals surface area (Å²) >= 11 is 0. The lowest BCUT2D eigenvalue weighted by molar-refractivity contribution is -0.134. The highest BCUT2D eigenvalue weighted by molar-refractivity contribution is 5.99. The number of likely N-dealkylation sites (tertiary alicyclic amines) is 1. The van der Waals surface area contributed by atoms with E-state index in [1.54, 1.807) is 18.2 Å². The van der Waals surface area contributed by atoms with E-state index < -0.39 is 6.04 Å². The maximum absolute atomic E-state index is 13.5. The second-order valence-electron chi connectivity index (χ2n) is 9.68. The van der Waals surface area contributed by atoms with E-state index in [0.29, 0.717) is 43.5 Å². The summed E-state index contributed by atoms with van der Waals surface area (Å²) < 4.78 is 5.92. The van der Waals surface area contributed by atoms with Crippen molar-refractivity contribution in [2.75, 3.05) is 26.2 Å². The predicted octanol–water partition coefficient (Wildman–Crippen LogP) is 4.04. The minimum atomic E-state index is -0.766. The van der Waals surface area contributed by atoms with Crippen LogP contribution in [-0.2, 0) is 9.59 Å². The van der Waals surface area contributed by atoms with Gasteiger partial charge in [-0.15, -0.1) is 0 Å². The molecule has 3 amide bonds. The summed E-state index contributed by atoms with van der Waals surface area (Å²) in [6.45, 7) is 2.42. The summed E-state index contributed by atoms with van der Waals surface area (Å²) in [5, 5.41) is 5.87. The van der Waals surface area contributed by atoms with Gasteiger partial charge in [0, 0.05) is 26.1 Å². The summed E-state index contributed by atoms with van der Waals surface area (Å²) in [5.41, 5.74) is 1.71. The summed E-state index contributed by atoms with van der Waals surface area (Å²) in [6.07, 6.45) is 6.02. The number of amides is 3. The van der Waals surface area contributed by atoms with Gasteiger partial charge in [-0.2, -0.15) is 0 Å². The molecule has 0 unspecified atom stereocenters. The molecule has 2 heterocycles. The zero-order chi connectivity index (χ0) is 25.2. The molecule has 0 spiro atoms. The summed E-state index contributed by atoms with van der Waals surface area (Å²) in [6, 6.07) is 16.8. The van der Waals surface area contributed by atoms with Gasteiger partial charge in [0.15, 0.2) is 0 Å². The summed E-state index contributed by atoms with van der Waals surface area (Å²) in [4.78, 5) is 41.1. The fraction of sp³-hybridized carbons (Fsp3) is 0.483. The van der Waals surface area contributed by atoms with E-state index in [1.165, 1.54) is 5.56 Å². The Morgan fingerprint density at radius 1 is 0.861 bits per heavy atom. The van der Waals surface area contributed by atoms with E-state index in [9.17, 15) is 14.4 Å². The van der Waals surface area contributed by atoms with Crippen LogP contribution in [0.3, 0.4) is 0 Å². The van der Waals surface area contributed by atoms with Crippen LogP contribution in [0, 0.1) is 0 Å². The molecule has 2 aromatic rings. The molecule has 1 atom stereocenters. The molecule has 1 fully saturated rings. The Hall–Kier alpha value is -3.35. The zero-order valence-corrected chi connectivity index (χ0v) is 20.9. The van der Waals surface area contributed by atoms with Gasteiger partial charge in [-0.05, 0) is 55.7 Å². The topological polar surface area (TPSA) is 87.7 Å². The Balaban J connectivity index is 1.46. The minimum Gasteiger partial charge on any atom is -0.493 e. The molecule has 7 nitrogen and oxygen atoms in total. The number of nitrogens with one attached hydrogen (secondary N) is 2. The second-order valence-corrected chi connectivity index (χ2v) is 9.68. The molecule has 0 aromatic heterocycles. The lowest BCUT2D eigenvalue weighted by Gasteiger charge is -2.34. The molecule has 4 rings (SSSR count). The van der Waals surface area contributed by atoms with Crippen molar-refractivity contribution in [1.29, 1.82) is 0 Å². The standard InChI is InChI=1S/C29H37N3O4/c33-27-15-14-25(29(35)32-19-16-23(17-20-32)22-10-4-3-5-11-22)31-28(34)24-12-6-7-13-26(24)36-21-9-2-1-8-18-30-27/h3-7,10-13,23,25H,1-2,8-9,14-21H2,(H,30,33)(H,31,34)/t25-/m0/s1. The quantitative estimate of drug-likeness (QED) is 0.664. The van der Waals surface area contributed by atoms with Crippen LogP contribution in [-0.4, -0.2) is 54.9 Å². The first-order chi connectivity index (χ1) is 17.6. The van der Waals surface area contributed by atoms with Crippen molar-refractivity contribution in [1.82, 2.24) is 15.5 Å². The number of hydrogen-bond donors (Lipinski definition) is 2. The van der Waals surface area contributed by atoms with Crippen molar-refractivity contribution in [2.24, 2.45) is 0 Å². The number of fused-ring (bicyclic) bond motifs is 1. The highest BCUT2D eigenvalue weighted by Gasteiger charge is 2.31. The molecule has 0 saturated carbocycles. The van der Waals surface area contributed by atoms with Gasteiger partial charge < -0.3 is 20.3 Å². The van der Waals surface area contributed by atoms with Crippen LogP contribution in [0.5, 0.6) is 5.75 Å². The van der Waals surface area contributed by atoms with Crippen molar-refractivity contribution in [3.63, 3.8) is 0 Å². The van der Waals surface area contributed by atoms with Gasteiger partial charge in [0.05, 0.1) is 12.2 Å². The second kappa shape index (κ2) is 13.1. The van der Waals surface area contributed by atoms with Crippen molar-refractivity contribution >= 4 is 17.7 Å². The van der Waals surface area contributed by atoms with Crippen molar-refractivity contribution in [3.05, 3.63) is 65.7 Å². The van der Waals surface area contributed by atoms with Crippen LogP contribution < -0.4 is 15.4 Å². The maximum atomic E-state index is 13.5. The molecule has 7 heteroatoms. The van der Waals surface area contributed by atoms with Crippen molar-refractivity contribution in [2.45, 2.75) is 63.3 Å². The lowest BCUT2D eigenvalue weighted by atomic mass is 9.89. The van der Waals surface area contributed by atoms with Gasteiger partial charge in [0.1, 0.15) is 11.8 Å². The van der Waals surface area contributed by atoms with Crippen LogP contribution in [0.2, 0.25) is 0 Å². The van der Waals surface area contributed by atoms with Crippen LogP contribution in [0.4, 0.5) is 0 Å². The van der Waals surface area contributed by atoms with Crippen LogP contribution in [0.25, 0.3) is 0 Å². The van der Waals surface area contributed by atoms with Gasteiger partial charge in [0.2, 0.25) is 11.8 Å². The van der Waals surface area contributed by atoms with Gasteiger partial charge in [-0.3, -0.25) is 14.4 Å². The zero-order valence-electron chi connectivity index (χ0n) is 20.9. The summed E-state index contributed by atoms with van der Waals surface area (Å²) in [7, 11) is 0. The Morgan fingerprint density at radius 2 is 1.58 bits per heavy atom. The molecule has 36 heavy (non-hydrogen) atoms. The third-order valence-corrected chi connectivity index (χ3v) is 7.12. The van der Waals surface area contributed by atoms with Gasteiger partial charge in [0.25, 0.3) is 5.91 Å². The Morgan fingerprint density at radius 3 is 2.39 bits per heavy atom.